The molecule has 4 aliphatic rings. The van der Waals surface area contributed by atoms with Crippen molar-refractivity contribution >= 4 is 17.8 Å². The largest absolute Gasteiger partial charge is 0.338 e. The summed E-state index contributed by atoms with van der Waals surface area (Å²) in [6.07, 6.45) is 11.4. The average Bonchev–Trinajstić information content (AvgIpc) is 2.86. The lowest BCUT2D eigenvalue weighted by atomic mass is 9.78. The van der Waals surface area contributed by atoms with Gasteiger partial charge in [0.2, 0.25) is 5.91 Å². The van der Waals surface area contributed by atoms with Crippen LogP contribution in [0, 0.1) is 5.92 Å². The molecule has 2 heterocycles. The van der Waals surface area contributed by atoms with Gasteiger partial charge in [0.1, 0.15) is 12.1 Å². The number of carbonyl (C=O) groups excluding carboxylic acids is 3. The number of carbonyl (C=O) groups is 3. The van der Waals surface area contributed by atoms with Gasteiger partial charge in [-0.15, -0.1) is 0 Å². The van der Waals surface area contributed by atoms with Crippen molar-refractivity contribution in [3.8, 4) is 0 Å². The molecule has 138 valence electrons. The van der Waals surface area contributed by atoms with Crippen LogP contribution >= 0.6 is 0 Å². The van der Waals surface area contributed by atoms with Gasteiger partial charge < -0.3 is 10.2 Å². The molecule has 6 heteroatoms. The second kappa shape index (κ2) is 6.61. The normalized spacial score (nSPS) is 31.8. The van der Waals surface area contributed by atoms with Crippen LogP contribution in [-0.2, 0) is 9.59 Å². The fourth-order valence-corrected chi connectivity index (χ4v) is 5.47. The number of nitrogens with one attached hydrogen (secondary N) is 1. The number of likely N-dealkylation sites (tertiary alicyclic amines) is 1. The third kappa shape index (κ3) is 2.93. The molecule has 0 aromatic heterocycles. The summed E-state index contributed by atoms with van der Waals surface area (Å²) < 4.78 is 0. The summed E-state index contributed by atoms with van der Waals surface area (Å²) in [6.45, 7) is 0.685. The Morgan fingerprint density at radius 2 is 1.72 bits per heavy atom. The van der Waals surface area contributed by atoms with E-state index in [1.165, 1.54) is 30.6 Å². The van der Waals surface area contributed by atoms with Gasteiger partial charge in [0.05, 0.1) is 0 Å². The maximum atomic E-state index is 12.9. The Labute approximate surface area is 149 Å². The molecule has 4 amide bonds. The zero-order chi connectivity index (χ0) is 17.4. The molecule has 4 fully saturated rings. The van der Waals surface area contributed by atoms with Crippen molar-refractivity contribution in [1.29, 1.82) is 0 Å². The number of rotatable bonds is 2. The van der Waals surface area contributed by atoms with Crippen molar-refractivity contribution in [3.05, 3.63) is 0 Å². The molecule has 2 saturated heterocycles. The quantitative estimate of drug-likeness (QED) is 0.780. The van der Waals surface area contributed by atoms with Gasteiger partial charge in [-0.1, -0.05) is 32.1 Å². The van der Waals surface area contributed by atoms with Crippen LogP contribution < -0.4 is 5.32 Å². The minimum absolute atomic E-state index is 0.0482. The average molecular weight is 347 g/mol. The Kier molecular flexibility index (Phi) is 4.46. The van der Waals surface area contributed by atoms with Gasteiger partial charge in [-0.3, -0.25) is 14.5 Å². The SMILES string of the molecule is O=C1NC2(CCCCC2)C(=O)N1CC(=O)N1CCC[C@@H]2CCCC[C@H]21. The molecule has 4 rings (SSSR count). The van der Waals surface area contributed by atoms with Crippen LogP contribution in [0.2, 0.25) is 0 Å². The molecule has 0 aromatic rings. The fraction of sp³-hybridized carbons (Fsp3) is 0.842. The summed E-state index contributed by atoms with van der Waals surface area (Å²) in [4.78, 5) is 41.3. The first-order valence-corrected chi connectivity index (χ1v) is 10.0. The molecule has 1 N–H and O–H groups in total. The second-order valence-electron chi connectivity index (χ2n) is 8.31. The number of nitrogens with zero attached hydrogens (tertiary/aromatic N) is 2. The Bertz CT molecular complexity index is 568. The molecular weight excluding hydrogens is 318 g/mol. The Morgan fingerprint density at radius 1 is 1.00 bits per heavy atom. The van der Waals surface area contributed by atoms with Crippen LogP contribution in [0.5, 0.6) is 0 Å². The van der Waals surface area contributed by atoms with E-state index in [1.54, 1.807) is 0 Å². The lowest BCUT2D eigenvalue weighted by Gasteiger charge is -2.44. The number of urea groups is 1. The summed E-state index contributed by atoms with van der Waals surface area (Å²) in [5.41, 5.74) is -0.731. The smallest absolute Gasteiger partial charge is 0.325 e. The minimum atomic E-state index is -0.731. The van der Waals surface area contributed by atoms with Gasteiger partial charge in [0, 0.05) is 12.6 Å². The van der Waals surface area contributed by atoms with E-state index in [0.717, 1.165) is 38.6 Å². The topological polar surface area (TPSA) is 69.7 Å². The molecule has 0 aromatic carbocycles. The molecule has 2 aliphatic heterocycles. The summed E-state index contributed by atoms with van der Waals surface area (Å²) in [5.74, 6) is 0.384. The maximum absolute atomic E-state index is 12.9. The summed E-state index contributed by atoms with van der Waals surface area (Å²) in [5, 5.41) is 2.90. The van der Waals surface area contributed by atoms with Crippen LogP contribution in [0.3, 0.4) is 0 Å². The van der Waals surface area contributed by atoms with Crippen molar-refractivity contribution in [2.45, 2.75) is 82.2 Å². The van der Waals surface area contributed by atoms with Crippen molar-refractivity contribution < 1.29 is 14.4 Å². The highest BCUT2D eigenvalue weighted by Gasteiger charge is 2.52. The molecule has 0 bridgehead atoms. The Morgan fingerprint density at radius 3 is 2.52 bits per heavy atom. The van der Waals surface area contributed by atoms with E-state index in [4.69, 9.17) is 0 Å². The van der Waals surface area contributed by atoms with Crippen LogP contribution in [0.4, 0.5) is 4.79 Å². The second-order valence-corrected chi connectivity index (χ2v) is 8.31. The molecular formula is C19H29N3O3. The van der Waals surface area contributed by atoms with Crippen molar-refractivity contribution in [1.82, 2.24) is 15.1 Å². The minimum Gasteiger partial charge on any atom is -0.338 e. The van der Waals surface area contributed by atoms with E-state index >= 15 is 0 Å². The first kappa shape index (κ1) is 16.9. The van der Waals surface area contributed by atoms with E-state index in [-0.39, 0.29) is 24.4 Å². The predicted octanol–water partition coefficient (Wildman–Crippen LogP) is 2.42. The zero-order valence-corrected chi connectivity index (χ0v) is 15.0. The lowest BCUT2D eigenvalue weighted by Crippen LogP contribution is -2.53. The number of hydrogen-bond donors (Lipinski definition) is 1. The number of amides is 4. The molecule has 2 atom stereocenters. The fourth-order valence-electron chi connectivity index (χ4n) is 5.47. The van der Waals surface area contributed by atoms with Gasteiger partial charge in [0.25, 0.3) is 5.91 Å². The van der Waals surface area contributed by atoms with E-state index in [9.17, 15) is 14.4 Å². The Hall–Kier alpha value is -1.59. The number of piperidine rings is 1. The van der Waals surface area contributed by atoms with Crippen molar-refractivity contribution in [2.75, 3.05) is 13.1 Å². The zero-order valence-electron chi connectivity index (χ0n) is 15.0. The molecule has 0 radical (unpaired) electrons. The molecule has 1 spiro atoms. The van der Waals surface area contributed by atoms with Crippen LogP contribution in [0.15, 0.2) is 0 Å². The van der Waals surface area contributed by atoms with Gasteiger partial charge >= 0.3 is 6.03 Å². The molecule has 6 nitrogen and oxygen atoms in total. The highest BCUT2D eigenvalue weighted by molar-refractivity contribution is 6.09. The molecule has 2 saturated carbocycles. The standard InChI is InChI=1S/C19H29N3O3/c23-16(21-12-6-8-14-7-2-3-9-15(14)21)13-22-17(24)19(20-18(22)25)10-4-1-5-11-19/h14-15H,1-13H2,(H,20,25)/t14-,15+/m0/s1. The highest BCUT2D eigenvalue weighted by Crippen LogP contribution is 2.36. The number of hydrogen-bond acceptors (Lipinski definition) is 3. The van der Waals surface area contributed by atoms with Gasteiger partial charge in [0.15, 0.2) is 0 Å². The number of fused-ring (bicyclic) bond motifs is 1. The van der Waals surface area contributed by atoms with Crippen molar-refractivity contribution in [2.24, 2.45) is 5.92 Å². The van der Waals surface area contributed by atoms with Crippen LogP contribution in [-0.4, -0.2) is 52.3 Å². The van der Waals surface area contributed by atoms with E-state index in [1.807, 2.05) is 4.90 Å². The summed E-state index contributed by atoms with van der Waals surface area (Å²) >= 11 is 0. The maximum Gasteiger partial charge on any atom is 0.325 e. The highest BCUT2D eigenvalue weighted by atomic mass is 16.2. The van der Waals surface area contributed by atoms with E-state index < -0.39 is 5.54 Å². The molecule has 25 heavy (non-hydrogen) atoms. The lowest BCUT2D eigenvalue weighted by molar-refractivity contribution is -0.143. The summed E-state index contributed by atoms with van der Waals surface area (Å²) in [6, 6.07) is -0.0585. The molecule has 0 unspecified atom stereocenters. The first-order chi connectivity index (χ1) is 12.1. The van der Waals surface area contributed by atoms with Gasteiger partial charge in [-0.25, -0.2) is 4.79 Å². The van der Waals surface area contributed by atoms with Gasteiger partial charge in [-0.2, -0.15) is 0 Å². The van der Waals surface area contributed by atoms with Gasteiger partial charge in [-0.05, 0) is 44.4 Å². The monoisotopic (exact) mass is 347 g/mol. The third-order valence-corrected chi connectivity index (χ3v) is 6.81. The molecule has 2 aliphatic carbocycles. The van der Waals surface area contributed by atoms with Crippen molar-refractivity contribution in [3.63, 3.8) is 0 Å². The van der Waals surface area contributed by atoms with Crippen LogP contribution in [0.25, 0.3) is 0 Å². The van der Waals surface area contributed by atoms with E-state index in [2.05, 4.69) is 5.32 Å². The van der Waals surface area contributed by atoms with E-state index in [0.29, 0.717) is 24.8 Å². The summed E-state index contributed by atoms with van der Waals surface area (Å²) in [7, 11) is 0. The third-order valence-electron chi connectivity index (χ3n) is 6.81. The van der Waals surface area contributed by atoms with Crippen LogP contribution in [0.1, 0.15) is 70.6 Å². The predicted molar refractivity (Wildman–Crippen MR) is 92.8 cm³/mol. The number of imide groups is 1. The first-order valence-electron chi connectivity index (χ1n) is 10.0. The Balaban J connectivity index is 1.45.